The molecule has 0 saturated carbocycles. The fourth-order valence-corrected chi connectivity index (χ4v) is 2.88. The Morgan fingerprint density at radius 2 is 1.76 bits per heavy atom. The molecule has 0 atom stereocenters. The third kappa shape index (κ3) is 3.00. The number of aliphatic imine (C=N–C) groups is 1. The highest BCUT2D eigenvalue weighted by atomic mass is 19.3. The van der Waals surface area contributed by atoms with Crippen LogP contribution < -0.4 is 4.74 Å². The van der Waals surface area contributed by atoms with Gasteiger partial charge in [-0.1, -0.05) is 0 Å². The lowest BCUT2D eigenvalue weighted by molar-refractivity contribution is -0.0498. The number of alkyl halides is 2. The van der Waals surface area contributed by atoms with E-state index in [1.54, 1.807) is 24.5 Å². The van der Waals surface area contributed by atoms with Gasteiger partial charge in [0.25, 0.3) is 0 Å². The zero-order valence-corrected chi connectivity index (χ0v) is 13.1. The van der Waals surface area contributed by atoms with Gasteiger partial charge in [-0.2, -0.15) is 13.9 Å². The molecule has 0 spiro atoms. The number of ether oxygens (including phenoxy) is 1. The van der Waals surface area contributed by atoms with E-state index in [4.69, 9.17) is 5.10 Å². The summed E-state index contributed by atoms with van der Waals surface area (Å²) in [5.74, 6) is 0.120. The minimum Gasteiger partial charge on any atom is -0.435 e. The van der Waals surface area contributed by atoms with Crippen LogP contribution in [-0.4, -0.2) is 34.1 Å². The molecule has 0 bridgehead atoms. The summed E-state index contributed by atoms with van der Waals surface area (Å²) in [5.41, 5.74) is 4.46. The lowest BCUT2D eigenvalue weighted by Crippen LogP contribution is -2.12. The normalized spacial score (nSPS) is 13.1. The van der Waals surface area contributed by atoms with Gasteiger partial charge in [0.05, 0.1) is 18.8 Å². The molecule has 0 fully saturated rings. The van der Waals surface area contributed by atoms with E-state index in [0.717, 1.165) is 28.1 Å². The zero-order chi connectivity index (χ0) is 17.2. The topological polar surface area (TPSA) is 52.3 Å². The van der Waals surface area contributed by atoms with Gasteiger partial charge in [-0.3, -0.25) is 14.7 Å². The summed E-state index contributed by atoms with van der Waals surface area (Å²) in [6.45, 7) is -1.45. The second-order valence-electron chi connectivity index (χ2n) is 5.51. The molecule has 7 heteroatoms. The van der Waals surface area contributed by atoms with E-state index in [1.807, 2.05) is 23.0 Å². The third-order valence-electron chi connectivity index (χ3n) is 3.97. The first-order chi connectivity index (χ1) is 12.2. The number of benzene rings is 1. The minimum atomic E-state index is -2.84. The Hall–Kier alpha value is -3.09. The van der Waals surface area contributed by atoms with Crippen molar-refractivity contribution in [3.05, 3.63) is 54.5 Å². The van der Waals surface area contributed by atoms with E-state index in [-0.39, 0.29) is 5.75 Å². The van der Waals surface area contributed by atoms with Crippen LogP contribution in [0.25, 0.3) is 22.4 Å². The summed E-state index contributed by atoms with van der Waals surface area (Å²) < 4.78 is 31.0. The Morgan fingerprint density at radius 1 is 1.00 bits per heavy atom. The number of halogens is 2. The standard InChI is InChI=1S/C18H14F2N4O/c19-18(20)25-14-3-1-13(2-4-14)17-16(12-5-7-21-8-6-12)15-11-22-9-10-24(15)23-17/h1-8,11,18H,9-10H2. The largest absolute Gasteiger partial charge is 0.435 e. The molecular formula is C18H14F2N4O. The number of aromatic nitrogens is 3. The predicted octanol–water partition coefficient (Wildman–Crippen LogP) is 3.65. The molecule has 3 heterocycles. The maximum atomic E-state index is 12.3. The van der Waals surface area contributed by atoms with Crippen LogP contribution in [0.15, 0.2) is 53.8 Å². The number of hydrogen-bond acceptors (Lipinski definition) is 4. The molecule has 2 aromatic heterocycles. The molecule has 4 rings (SSSR count). The molecule has 0 unspecified atom stereocenters. The zero-order valence-electron chi connectivity index (χ0n) is 13.1. The van der Waals surface area contributed by atoms with Crippen molar-refractivity contribution in [1.29, 1.82) is 0 Å². The van der Waals surface area contributed by atoms with Gasteiger partial charge < -0.3 is 4.74 Å². The Bertz CT molecular complexity index is 905. The van der Waals surface area contributed by atoms with Crippen molar-refractivity contribution in [3.63, 3.8) is 0 Å². The number of rotatable bonds is 4. The average Bonchev–Trinajstić information content (AvgIpc) is 3.02. The first kappa shape index (κ1) is 15.4. The molecular weight excluding hydrogens is 326 g/mol. The minimum absolute atomic E-state index is 0.120. The maximum Gasteiger partial charge on any atom is 0.387 e. The van der Waals surface area contributed by atoms with E-state index >= 15 is 0 Å². The van der Waals surface area contributed by atoms with E-state index < -0.39 is 6.61 Å². The molecule has 1 aromatic carbocycles. The summed E-state index contributed by atoms with van der Waals surface area (Å²) in [6, 6.07) is 10.3. The fourth-order valence-electron chi connectivity index (χ4n) is 2.88. The molecule has 0 saturated heterocycles. The molecule has 0 radical (unpaired) electrons. The van der Waals surface area contributed by atoms with Crippen molar-refractivity contribution >= 4 is 6.21 Å². The predicted molar refractivity (Wildman–Crippen MR) is 90.0 cm³/mol. The molecule has 25 heavy (non-hydrogen) atoms. The van der Waals surface area contributed by atoms with Gasteiger partial charge in [-0.05, 0) is 42.0 Å². The van der Waals surface area contributed by atoms with Crippen molar-refractivity contribution in [2.45, 2.75) is 13.2 Å². The molecule has 1 aliphatic rings. The highest BCUT2D eigenvalue weighted by molar-refractivity contribution is 5.95. The van der Waals surface area contributed by atoms with Crippen molar-refractivity contribution < 1.29 is 13.5 Å². The molecule has 3 aromatic rings. The number of hydrogen-bond donors (Lipinski definition) is 0. The molecule has 0 N–H and O–H groups in total. The maximum absolute atomic E-state index is 12.3. The van der Waals surface area contributed by atoms with Crippen LogP contribution in [-0.2, 0) is 6.54 Å². The van der Waals surface area contributed by atoms with Gasteiger partial charge in [0.2, 0.25) is 0 Å². The molecule has 126 valence electrons. The SMILES string of the molecule is FC(F)Oc1ccc(-c2nn3c(c2-c2ccncc2)C=NCC3)cc1. The number of fused-ring (bicyclic) bond motifs is 1. The summed E-state index contributed by atoms with van der Waals surface area (Å²) in [5, 5.41) is 4.70. The molecule has 0 aliphatic carbocycles. The van der Waals surface area contributed by atoms with Crippen LogP contribution in [0, 0.1) is 0 Å². The van der Waals surface area contributed by atoms with Crippen LogP contribution in [0.3, 0.4) is 0 Å². The first-order valence-corrected chi connectivity index (χ1v) is 7.78. The van der Waals surface area contributed by atoms with Crippen LogP contribution >= 0.6 is 0 Å². The summed E-state index contributed by atoms with van der Waals surface area (Å²) in [4.78, 5) is 8.41. The van der Waals surface area contributed by atoms with Gasteiger partial charge in [0.15, 0.2) is 0 Å². The smallest absolute Gasteiger partial charge is 0.387 e. The van der Waals surface area contributed by atoms with Crippen molar-refractivity contribution in [2.75, 3.05) is 6.54 Å². The monoisotopic (exact) mass is 340 g/mol. The second kappa shape index (κ2) is 6.43. The molecule has 0 amide bonds. The lowest BCUT2D eigenvalue weighted by atomic mass is 9.99. The Balaban J connectivity index is 1.82. The third-order valence-corrected chi connectivity index (χ3v) is 3.97. The van der Waals surface area contributed by atoms with Gasteiger partial charge in [0.1, 0.15) is 11.4 Å². The molecule has 1 aliphatic heterocycles. The Morgan fingerprint density at radius 3 is 2.48 bits per heavy atom. The van der Waals surface area contributed by atoms with Crippen LogP contribution in [0.4, 0.5) is 8.78 Å². The van der Waals surface area contributed by atoms with Gasteiger partial charge in [-0.15, -0.1) is 0 Å². The van der Waals surface area contributed by atoms with E-state index in [1.165, 1.54) is 12.1 Å². The van der Waals surface area contributed by atoms with Gasteiger partial charge in [-0.25, -0.2) is 0 Å². The van der Waals surface area contributed by atoms with Crippen LogP contribution in [0.5, 0.6) is 5.75 Å². The van der Waals surface area contributed by atoms with Gasteiger partial charge in [0, 0.05) is 29.7 Å². The first-order valence-electron chi connectivity index (χ1n) is 7.78. The number of nitrogens with zero attached hydrogens (tertiary/aromatic N) is 4. The Kier molecular flexibility index (Phi) is 3.97. The van der Waals surface area contributed by atoms with Crippen LogP contribution in [0.2, 0.25) is 0 Å². The number of pyridine rings is 1. The summed E-state index contributed by atoms with van der Waals surface area (Å²) in [7, 11) is 0. The average molecular weight is 340 g/mol. The highest BCUT2D eigenvalue weighted by Gasteiger charge is 2.21. The van der Waals surface area contributed by atoms with Crippen molar-refractivity contribution in [3.8, 4) is 28.1 Å². The van der Waals surface area contributed by atoms with E-state index in [0.29, 0.717) is 13.1 Å². The second-order valence-corrected chi connectivity index (χ2v) is 5.51. The van der Waals surface area contributed by atoms with Crippen molar-refractivity contribution in [1.82, 2.24) is 14.8 Å². The van der Waals surface area contributed by atoms with Crippen molar-refractivity contribution in [2.24, 2.45) is 4.99 Å². The van der Waals surface area contributed by atoms with E-state index in [9.17, 15) is 8.78 Å². The summed E-state index contributed by atoms with van der Waals surface area (Å²) in [6.07, 6.45) is 5.27. The fraction of sp³-hybridized carbons (Fsp3) is 0.167. The lowest BCUT2D eigenvalue weighted by Gasteiger charge is -2.09. The summed E-state index contributed by atoms with van der Waals surface area (Å²) >= 11 is 0. The highest BCUT2D eigenvalue weighted by Crippen LogP contribution is 2.35. The Labute approximate surface area is 142 Å². The van der Waals surface area contributed by atoms with E-state index in [2.05, 4.69) is 14.7 Å². The van der Waals surface area contributed by atoms with Gasteiger partial charge >= 0.3 is 6.61 Å². The quantitative estimate of drug-likeness (QED) is 0.728. The molecule has 5 nitrogen and oxygen atoms in total. The van der Waals surface area contributed by atoms with Crippen LogP contribution in [0.1, 0.15) is 5.69 Å².